The second kappa shape index (κ2) is 5.46. The van der Waals surface area contributed by atoms with Gasteiger partial charge in [0.1, 0.15) is 24.1 Å². The van der Waals surface area contributed by atoms with E-state index in [1.54, 1.807) is 18.3 Å². The molecule has 3 nitrogen and oxygen atoms in total. The highest BCUT2D eigenvalue weighted by Crippen LogP contribution is 2.14. The Morgan fingerprint density at radius 1 is 1.18 bits per heavy atom. The Labute approximate surface area is 108 Å². The highest BCUT2D eigenvalue weighted by atomic mass is 79.9. The van der Waals surface area contributed by atoms with Crippen LogP contribution in [0.1, 0.15) is 11.3 Å². The maximum Gasteiger partial charge on any atom is 0.140 e. The van der Waals surface area contributed by atoms with Crippen molar-refractivity contribution in [3.8, 4) is 11.8 Å². The lowest BCUT2D eigenvalue weighted by atomic mass is 10.2. The summed E-state index contributed by atoms with van der Waals surface area (Å²) in [6.45, 7) is 0.487. The van der Waals surface area contributed by atoms with Gasteiger partial charge in [-0.25, -0.2) is 4.98 Å². The third kappa shape index (κ3) is 3.30. The molecule has 4 heteroatoms. The van der Waals surface area contributed by atoms with E-state index in [0.29, 0.717) is 18.1 Å². The number of nitrogens with zero attached hydrogens (tertiary/aromatic N) is 2. The van der Waals surface area contributed by atoms with Gasteiger partial charge in [-0.3, -0.25) is 0 Å². The van der Waals surface area contributed by atoms with E-state index in [1.807, 2.05) is 30.3 Å². The molecule has 0 N–H and O–H groups in total. The summed E-state index contributed by atoms with van der Waals surface area (Å²) in [5.74, 6) is 0.659. The summed E-state index contributed by atoms with van der Waals surface area (Å²) < 4.78 is 6.59. The molecule has 0 saturated carbocycles. The molecule has 0 amide bonds. The van der Waals surface area contributed by atoms with E-state index >= 15 is 0 Å². The van der Waals surface area contributed by atoms with Crippen LogP contribution in [0, 0.1) is 11.3 Å². The van der Waals surface area contributed by atoms with E-state index in [4.69, 9.17) is 10.00 Å². The first-order chi connectivity index (χ1) is 8.28. The molecule has 0 fully saturated rings. The number of benzene rings is 1. The molecule has 0 saturated heterocycles. The third-order valence-corrected chi connectivity index (χ3v) is 2.70. The largest absolute Gasteiger partial charge is 0.487 e. The molecule has 0 atom stereocenters. The fraction of sp³-hybridized carbons (Fsp3) is 0.0769. The molecule has 1 aromatic heterocycles. The normalized spacial score (nSPS) is 9.65. The molecule has 2 rings (SSSR count). The van der Waals surface area contributed by atoms with Gasteiger partial charge in [-0.1, -0.05) is 28.1 Å². The van der Waals surface area contributed by atoms with Gasteiger partial charge in [-0.05, 0) is 29.8 Å². The van der Waals surface area contributed by atoms with Crippen molar-refractivity contribution in [3.05, 3.63) is 58.3 Å². The number of ether oxygens (including phenoxy) is 1. The first kappa shape index (κ1) is 11.6. The molecular formula is C13H9BrN2O. The maximum absolute atomic E-state index is 8.60. The lowest BCUT2D eigenvalue weighted by molar-refractivity contribution is 0.305. The van der Waals surface area contributed by atoms with Gasteiger partial charge in [0.15, 0.2) is 0 Å². The van der Waals surface area contributed by atoms with E-state index in [1.165, 1.54) is 0 Å². The molecule has 0 aliphatic heterocycles. The van der Waals surface area contributed by atoms with E-state index in [0.717, 1.165) is 10.0 Å². The molecule has 2 aromatic rings. The summed E-state index contributed by atoms with van der Waals surface area (Å²) in [5, 5.41) is 8.60. The number of aromatic nitrogens is 1. The molecule has 0 aliphatic rings. The lowest BCUT2D eigenvalue weighted by Crippen LogP contribution is -1.95. The Balaban J connectivity index is 1.98. The zero-order valence-corrected chi connectivity index (χ0v) is 10.5. The van der Waals surface area contributed by atoms with Crippen molar-refractivity contribution < 1.29 is 4.74 Å². The fourth-order valence-electron chi connectivity index (χ4n) is 1.28. The van der Waals surface area contributed by atoms with E-state index in [-0.39, 0.29) is 0 Å². The highest BCUT2D eigenvalue weighted by molar-refractivity contribution is 9.10. The molecule has 84 valence electrons. The Morgan fingerprint density at radius 3 is 2.53 bits per heavy atom. The monoisotopic (exact) mass is 288 g/mol. The van der Waals surface area contributed by atoms with Gasteiger partial charge in [-0.2, -0.15) is 5.26 Å². The van der Waals surface area contributed by atoms with Crippen LogP contribution in [0.25, 0.3) is 0 Å². The van der Waals surface area contributed by atoms with Crippen molar-refractivity contribution >= 4 is 15.9 Å². The quantitative estimate of drug-likeness (QED) is 0.871. The average molecular weight is 289 g/mol. The van der Waals surface area contributed by atoms with Gasteiger partial charge in [0.05, 0.1) is 6.20 Å². The summed E-state index contributed by atoms with van der Waals surface area (Å²) >= 11 is 3.38. The van der Waals surface area contributed by atoms with Crippen molar-refractivity contribution in [1.29, 1.82) is 5.26 Å². The van der Waals surface area contributed by atoms with Crippen molar-refractivity contribution in [1.82, 2.24) is 4.98 Å². The van der Waals surface area contributed by atoms with Crippen molar-refractivity contribution in [2.24, 2.45) is 0 Å². The minimum Gasteiger partial charge on any atom is -0.487 e. The first-order valence-corrected chi connectivity index (χ1v) is 5.80. The predicted octanol–water partition coefficient (Wildman–Crippen LogP) is 3.29. The standard InChI is InChI=1S/C13H9BrN2O/c14-11-3-1-10(2-4-11)9-17-13-6-5-12(7-15)16-8-13/h1-6,8H,9H2. The number of rotatable bonds is 3. The smallest absolute Gasteiger partial charge is 0.140 e. The van der Waals surface area contributed by atoms with Crippen molar-refractivity contribution in [2.45, 2.75) is 6.61 Å². The molecule has 17 heavy (non-hydrogen) atoms. The Morgan fingerprint density at radius 2 is 1.94 bits per heavy atom. The molecule has 0 spiro atoms. The second-order valence-corrected chi connectivity index (χ2v) is 4.32. The van der Waals surface area contributed by atoms with Gasteiger partial charge in [-0.15, -0.1) is 0 Å². The van der Waals surface area contributed by atoms with Crippen LogP contribution in [-0.2, 0) is 6.61 Å². The van der Waals surface area contributed by atoms with Crippen LogP contribution in [0.15, 0.2) is 47.1 Å². The van der Waals surface area contributed by atoms with Crippen LogP contribution in [0.2, 0.25) is 0 Å². The number of halogens is 1. The Bertz CT molecular complexity index is 529. The minimum atomic E-state index is 0.390. The van der Waals surface area contributed by atoms with Crippen LogP contribution in [0.3, 0.4) is 0 Å². The molecule has 0 unspecified atom stereocenters. The highest BCUT2D eigenvalue weighted by Gasteiger charge is 1.97. The number of hydrogen-bond donors (Lipinski definition) is 0. The number of nitriles is 1. The van der Waals surface area contributed by atoms with Gasteiger partial charge in [0, 0.05) is 4.47 Å². The van der Waals surface area contributed by atoms with Gasteiger partial charge >= 0.3 is 0 Å². The summed E-state index contributed by atoms with van der Waals surface area (Å²) in [5.41, 5.74) is 1.47. The van der Waals surface area contributed by atoms with Crippen LogP contribution in [-0.4, -0.2) is 4.98 Å². The zero-order chi connectivity index (χ0) is 12.1. The summed E-state index contributed by atoms with van der Waals surface area (Å²) in [7, 11) is 0. The van der Waals surface area contributed by atoms with Crippen LogP contribution in [0.4, 0.5) is 0 Å². The Hall–Kier alpha value is -1.86. The van der Waals surface area contributed by atoms with Gasteiger partial charge < -0.3 is 4.74 Å². The van der Waals surface area contributed by atoms with E-state index < -0.39 is 0 Å². The number of hydrogen-bond acceptors (Lipinski definition) is 3. The Kier molecular flexibility index (Phi) is 3.73. The minimum absolute atomic E-state index is 0.390. The first-order valence-electron chi connectivity index (χ1n) is 5.01. The van der Waals surface area contributed by atoms with Crippen LogP contribution < -0.4 is 4.74 Å². The fourth-order valence-corrected chi connectivity index (χ4v) is 1.54. The molecule has 0 aliphatic carbocycles. The SMILES string of the molecule is N#Cc1ccc(OCc2ccc(Br)cc2)cn1. The molecule has 0 radical (unpaired) electrons. The summed E-state index contributed by atoms with van der Waals surface area (Å²) in [6.07, 6.45) is 1.55. The van der Waals surface area contributed by atoms with E-state index in [2.05, 4.69) is 20.9 Å². The topological polar surface area (TPSA) is 45.9 Å². The molecule has 1 aromatic carbocycles. The van der Waals surface area contributed by atoms with Crippen LogP contribution in [0.5, 0.6) is 5.75 Å². The van der Waals surface area contributed by atoms with Gasteiger partial charge in [0.25, 0.3) is 0 Å². The lowest BCUT2D eigenvalue weighted by Gasteiger charge is -2.05. The maximum atomic E-state index is 8.60. The molecule has 0 bridgehead atoms. The molecular weight excluding hydrogens is 280 g/mol. The predicted molar refractivity (Wildman–Crippen MR) is 67.4 cm³/mol. The number of pyridine rings is 1. The van der Waals surface area contributed by atoms with E-state index in [9.17, 15) is 0 Å². The summed E-state index contributed by atoms with van der Waals surface area (Å²) in [6, 6.07) is 13.2. The van der Waals surface area contributed by atoms with Gasteiger partial charge in [0.2, 0.25) is 0 Å². The molecule has 1 heterocycles. The second-order valence-electron chi connectivity index (χ2n) is 3.41. The summed E-state index contributed by atoms with van der Waals surface area (Å²) in [4.78, 5) is 3.93. The third-order valence-electron chi connectivity index (χ3n) is 2.17. The van der Waals surface area contributed by atoms with Crippen molar-refractivity contribution in [2.75, 3.05) is 0 Å². The zero-order valence-electron chi connectivity index (χ0n) is 8.93. The van der Waals surface area contributed by atoms with Crippen LogP contribution >= 0.6 is 15.9 Å². The average Bonchev–Trinajstić information content (AvgIpc) is 2.39. The van der Waals surface area contributed by atoms with Crippen molar-refractivity contribution in [3.63, 3.8) is 0 Å².